The number of hydrogen-bond acceptors (Lipinski definition) is 2. The molecule has 0 spiro atoms. The van der Waals surface area contributed by atoms with Gasteiger partial charge in [0, 0.05) is 29.4 Å². The normalized spacial score (nSPS) is 16.7. The van der Waals surface area contributed by atoms with E-state index in [1.165, 1.54) is 40.6 Å². The Morgan fingerprint density at radius 3 is 1.33 bits per heavy atom. The highest BCUT2D eigenvalue weighted by molar-refractivity contribution is 14.1. The van der Waals surface area contributed by atoms with Crippen LogP contribution < -0.4 is 9.47 Å². The van der Waals surface area contributed by atoms with Crippen LogP contribution in [0.3, 0.4) is 0 Å². The Morgan fingerprint density at radius 1 is 0.633 bits per heavy atom. The molecule has 0 radical (unpaired) electrons. The molecule has 0 atom stereocenters. The van der Waals surface area contributed by atoms with Crippen LogP contribution in [0.1, 0.15) is 63.8 Å². The van der Waals surface area contributed by atoms with Crippen molar-refractivity contribution in [1.82, 2.24) is 0 Å². The fraction of sp³-hybridized carbons (Fsp3) is 0.385. The second-order valence-corrected chi connectivity index (χ2v) is 12.7. The Bertz CT molecular complexity index is 992. The zero-order chi connectivity index (χ0) is 21.8. The van der Waals surface area contributed by atoms with Crippen molar-refractivity contribution in [2.75, 3.05) is 13.2 Å². The van der Waals surface area contributed by atoms with E-state index in [4.69, 9.17) is 9.47 Å². The van der Waals surface area contributed by atoms with E-state index < -0.39 is 0 Å². The lowest BCUT2D eigenvalue weighted by atomic mass is 9.81. The van der Waals surface area contributed by atoms with Crippen molar-refractivity contribution >= 4 is 56.3 Å². The fourth-order valence-electron chi connectivity index (χ4n) is 3.89. The molecule has 0 aromatic heterocycles. The van der Waals surface area contributed by atoms with E-state index in [0.29, 0.717) is 13.2 Å². The first-order chi connectivity index (χ1) is 14.0. The van der Waals surface area contributed by atoms with Crippen LogP contribution in [0.15, 0.2) is 43.6 Å². The molecular formula is C26H28I2O2. The third-order valence-electron chi connectivity index (χ3n) is 5.73. The Balaban J connectivity index is 1.95. The van der Waals surface area contributed by atoms with Gasteiger partial charge < -0.3 is 9.47 Å². The third-order valence-corrected chi connectivity index (χ3v) is 7.43. The van der Waals surface area contributed by atoms with Crippen LogP contribution in [0.4, 0.5) is 0 Å². The van der Waals surface area contributed by atoms with Crippen LogP contribution in [0.25, 0.3) is 11.1 Å². The third kappa shape index (κ3) is 4.06. The van der Waals surface area contributed by atoms with Crippen LogP contribution in [0, 0.1) is 0 Å². The maximum Gasteiger partial charge on any atom is 0.127 e. The minimum absolute atomic E-state index is 0.0809. The molecule has 2 aromatic carbocycles. The lowest BCUT2D eigenvalue weighted by molar-refractivity contribution is 0.353. The van der Waals surface area contributed by atoms with Crippen molar-refractivity contribution in [2.24, 2.45) is 0 Å². The smallest absolute Gasteiger partial charge is 0.127 e. The van der Waals surface area contributed by atoms with Gasteiger partial charge in [-0.2, -0.15) is 0 Å². The van der Waals surface area contributed by atoms with Gasteiger partial charge in [0.25, 0.3) is 0 Å². The summed E-state index contributed by atoms with van der Waals surface area (Å²) in [6.45, 7) is 14.8. The van der Waals surface area contributed by atoms with E-state index in [2.05, 4.69) is 123 Å². The van der Waals surface area contributed by atoms with Crippen molar-refractivity contribution in [2.45, 2.75) is 52.4 Å². The summed E-state index contributed by atoms with van der Waals surface area (Å²) in [5, 5.41) is 0. The van der Waals surface area contributed by atoms with E-state index >= 15 is 0 Å². The molecule has 0 fully saturated rings. The summed E-state index contributed by atoms with van der Waals surface area (Å²) >= 11 is 4.92. The first-order valence-electron chi connectivity index (χ1n) is 10.3. The first-order valence-corrected chi connectivity index (χ1v) is 12.5. The number of rotatable bonds is 1. The van der Waals surface area contributed by atoms with E-state index in [1.807, 2.05) is 0 Å². The van der Waals surface area contributed by atoms with Crippen LogP contribution in [0.5, 0.6) is 11.5 Å². The molecule has 0 aliphatic carbocycles. The molecule has 0 saturated carbocycles. The van der Waals surface area contributed by atoms with E-state index in [9.17, 15) is 0 Å². The first kappa shape index (κ1) is 22.2. The molecule has 0 unspecified atom stereocenters. The molecule has 2 nitrogen and oxygen atoms in total. The van der Waals surface area contributed by atoms with Crippen molar-refractivity contribution in [3.63, 3.8) is 0 Å². The fourth-order valence-corrected chi connectivity index (χ4v) is 5.33. The van der Waals surface area contributed by atoms with Crippen LogP contribution in [-0.4, -0.2) is 13.2 Å². The number of hydrogen-bond donors (Lipinski definition) is 0. The van der Waals surface area contributed by atoms with Gasteiger partial charge in [0.1, 0.15) is 24.7 Å². The average Bonchev–Trinajstić information content (AvgIpc) is 2.66. The van der Waals surface area contributed by atoms with Gasteiger partial charge >= 0.3 is 0 Å². The van der Waals surface area contributed by atoms with Gasteiger partial charge in [0.2, 0.25) is 0 Å². The molecule has 2 aromatic rings. The molecule has 2 aliphatic heterocycles. The van der Waals surface area contributed by atoms with Gasteiger partial charge in [-0.1, -0.05) is 53.7 Å². The standard InChI is InChI=1S/C26H28I2O2/c1-25(2,3)15-7-9-21-17(11-15)23(19(27)13-29-21)24-18-12-16(26(4,5)6)8-10-22(18)30-14-20(24)28/h7-12H,13-14H2,1-6H3. The zero-order valence-corrected chi connectivity index (χ0v) is 22.8. The van der Waals surface area contributed by atoms with Crippen molar-refractivity contribution in [1.29, 1.82) is 0 Å². The summed E-state index contributed by atoms with van der Waals surface area (Å²) < 4.78 is 14.7. The summed E-state index contributed by atoms with van der Waals surface area (Å²) in [6.07, 6.45) is 0. The largest absolute Gasteiger partial charge is 0.488 e. The summed E-state index contributed by atoms with van der Waals surface area (Å²) in [7, 11) is 0. The molecule has 30 heavy (non-hydrogen) atoms. The quantitative estimate of drug-likeness (QED) is 0.299. The molecule has 0 N–H and O–H groups in total. The summed E-state index contributed by atoms with van der Waals surface area (Å²) in [5.74, 6) is 1.94. The lowest BCUT2D eigenvalue weighted by Crippen LogP contribution is -2.17. The van der Waals surface area contributed by atoms with Crippen LogP contribution in [-0.2, 0) is 10.8 Å². The average molecular weight is 626 g/mol. The second kappa shape index (κ2) is 7.84. The molecule has 2 heterocycles. The minimum atomic E-state index is 0.0809. The maximum absolute atomic E-state index is 6.10. The highest BCUT2D eigenvalue weighted by atomic mass is 127. The maximum atomic E-state index is 6.10. The zero-order valence-electron chi connectivity index (χ0n) is 18.5. The monoisotopic (exact) mass is 626 g/mol. The van der Waals surface area contributed by atoms with Crippen molar-refractivity contribution in [3.8, 4) is 11.5 Å². The lowest BCUT2D eigenvalue weighted by Gasteiger charge is -2.31. The Hall–Kier alpha value is -1.02. The SMILES string of the molecule is CC(C)(C)c1ccc2c(c1)C(C1=C(I)COc3ccc(C(C)(C)C)cc31)=C(I)CO2. The number of halogens is 2. The van der Waals surface area contributed by atoms with E-state index in [1.54, 1.807) is 0 Å². The minimum Gasteiger partial charge on any atom is -0.488 e. The number of allylic oxidation sites excluding steroid dienone is 2. The predicted molar refractivity (Wildman–Crippen MR) is 143 cm³/mol. The number of ether oxygens (including phenoxy) is 2. The number of fused-ring (bicyclic) bond motifs is 2. The highest BCUT2D eigenvalue weighted by Crippen LogP contribution is 2.50. The van der Waals surface area contributed by atoms with Gasteiger partial charge in [-0.15, -0.1) is 0 Å². The van der Waals surface area contributed by atoms with Crippen molar-refractivity contribution < 1.29 is 9.47 Å². The Kier molecular flexibility index (Phi) is 5.79. The molecule has 0 saturated heterocycles. The molecule has 4 rings (SSSR count). The molecule has 2 aliphatic rings. The van der Waals surface area contributed by atoms with E-state index in [0.717, 1.165) is 11.5 Å². The van der Waals surface area contributed by atoms with E-state index in [-0.39, 0.29) is 10.8 Å². The van der Waals surface area contributed by atoms with Gasteiger partial charge in [-0.25, -0.2) is 0 Å². The molecule has 4 heteroatoms. The second-order valence-electron chi connectivity index (χ2n) is 10.1. The van der Waals surface area contributed by atoms with Crippen molar-refractivity contribution in [3.05, 3.63) is 65.8 Å². The Morgan fingerprint density at radius 2 is 1.00 bits per heavy atom. The summed E-state index contributed by atoms with van der Waals surface area (Å²) in [6, 6.07) is 13.3. The molecule has 158 valence electrons. The van der Waals surface area contributed by atoms with Gasteiger partial charge in [-0.05, 0) is 91.4 Å². The topological polar surface area (TPSA) is 18.5 Å². The van der Waals surface area contributed by atoms with Gasteiger partial charge in [0.05, 0.1) is 0 Å². The van der Waals surface area contributed by atoms with Gasteiger partial charge in [0.15, 0.2) is 0 Å². The predicted octanol–water partition coefficient (Wildman–Crippen LogP) is 8.06. The van der Waals surface area contributed by atoms with Crippen LogP contribution >= 0.6 is 45.2 Å². The molecular weight excluding hydrogens is 598 g/mol. The van der Waals surface area contributed by atoms with Crippen LogP contribution in [0.2, 0.25) is 0 Å². The molecule has 0 amide bonds. The van der Waals surface area contributed by atoms with Gasteiger partial charge in [-0.3, -0.25) is 0 Å². The molecule has 0 bridgehead atoms. The Labute approximate surface area is 207 Å². The highest BCUT2D eigenvalue weighted by Gasteiger charge is 2.31. The summed E-state index contributed by atoms with van der Waals surface area (Å²) in [5.41, 5.74) is 7.77. The summed E-state index contributed by atoms with van der Waals surface area (Å²) in [4.78, 5) is 0. The number of benzene rings is 2.